The van der Waals surface area contributed by atoms with Gasteiger partial charge in [0.15, 0.2) is 11.4 Å². The molecule has 4 heteroatoms. The zero-order valence-corrected chi connectivity index (χ0v) is 16.1. The molecule has 4 rings (SSSR count). The quantitative estimate of drug-likeness (QED) is 0.624. The van der Waals surface area contributed by atoms with Crippen LogP contribution in [0.25, 0.3) is 0 Å². The molecule has 0 aromatic heterocycles. The monoisotopic (exact) mass is 358 g/mol. The Hall–Kier alpha value is -1.39. The Kier molecular flexibility index (Phi) is 3.85. The molecule has 4 aliphatic rings. The van der Waals surface area contributed by atoms with E-state index in [1.807, 2.05) is 0 Å². The van der Waals surface area contributed by atoms with E-state index in [1.165, 1.54) is 30.1 Å². The maximum absolute atomic E-state index is 12.8. The normalized spacial score (nSPS) is 39.2. The van der Waals surface area contributed by atoms with Crippen molar-refractivity contribution >= 4 is 5.78 Å². The Morgan fingerprint density at radius 1 is 1.19 bits per heavy atom. The molecule has 0 bridgehead atoms. The largest absolute Gasteiger partial charge is 0.508 e. The molecule has 4 nitrogen and oxygen atoms in total. The fourth-order valence-corrected chi connectivity index (χ4v) is 6.55. The Bertz CT molecular complexity index is 769. The van der Waals surface area contributed by atoms with E-state index in [0.29, 0.717) is 23.3 Å². The summed E-state index contributed by atoms with van der Waals surface area (Å²) in [5, 5.41) is 31.1. The highest BCUT2D eigenvalue weighted by molar-refractivity contribution is 6.06. The molecule has 26 heavy (non-hydrogen) atoms. The van der Waals surface area contributed by atoms with Crippen molar-refractivity contribution in [3.63, 3.8) is 0 Å². The molecular weight excluding hydrogens is 328 g/mol. The predicted octanol–water partition coefficient (Wildman–Crippen LogP) is 3.75. The molecule has 3 atom stereocenters. The van der Waals surface area contributed by atoms with Gasteiger partial charge in [-0.15, -0.1) is 0 Å². The van der Waals surface area contributed by atoms with Gasteiger partial charge in [-0.25, -0.2) is 0 Å². The van der Waals surface area contributed by atoms with Gasteiger partial charge in [0.1, 0.15) is 5.76 Å². The number of allylic oxidation sites excluding steroid dienone is 2. The maximum Gasteiger partial charge on any atom is 0.197 e. The second-order valence-electron chi connectivity index (χ2n) is 9.67. The summed E-state index contributed by atoms with van der Waals surface area (Å²) in [5.41, 5.74) is 1.77. The SMILES string of the molecule is CC1(C)CCCC2(C)C3=C(CCC12)CC1(O)C(=O)C(CO)=CC(O)=C1C3. The van der Waals surface area contributed by atoms with Gasteiger partial charge in [-0.05, 0) is 54.9 Å². The summed E-state index contributed by atoms with van der Waals surface area (Å²) in [4.78, 5) is 12.8. The molecule has 0 aromatic carbocycles. The van der Waals surface area contributed by atoms with E-state index in [2.05, 4.69) is 20.8 Å². The molecule has 0 heterocycles. The average Bonchev–Trinajstić information content (AvgIpc) is 2.56. The molecule has 1 fully saturated rings. The van der Waals surface area contributed by atoms with Gasteiger partial charge in [0.2, 0.25) is 0 Å². The van der Waals surface area contributed by atoms with Crippen LogP contribution in [0.2, 0.25) is 0 Å². The van der Waals surface area contributed by atoms with Crippen LogP contribution in [0.5, 0.6) is 0 Å². The van der Waals surface area contributed by atoms with Gasteiger partial charge in [0, 0.05) is 17.6 Å². The van der Waals surface area contributed by atoms with E-state index in [0.717, 1.165) is 19.3 Å². The minimum atomic E-state index is -1.68. The maximum atomic E-state index is 12.8. The van der Waals surface area contributed by atoms with E-state index in [-0.39, 0.29) is 23.2 Å². The third-order valence-electron chi connectivity index (χ3n) is 7.86. The smallest absolute Gasteiger partial charge is 0.197 e. The Labute approximate surface area is 155 Å². The number of aliphatic hydroxyl groups is 3. The molecule has 0 aromatic rings. The van der Waals surface area contributed by atoms with Gasteiger partial charge in [0.05, 0.1) is 6.61 Å². The molecule has 0 amide bonds. The first-order chi connectivity index (χ1) is 12.1. The van der Waals surface area contributed by atoms with Crippen molar-refractivity contribution < 1.29 is 20.1 Å². The Morgan fingerprint density at radius 2 is 1.92 bits per heavy atom. The average molecular weight is 358 g/mol. The molecule has 4 aliphatic carbocycles. The van der Waals surface area contributed by atoms with Gasteiger partial charge >= 0.3 is 0 Å². The zero-order valence-electron chi connectivity index (χ0n) is 16.1. The topological polar surface area (TPSA) is 77.8 Å². The van der Waals surface area contributed by atoms with E-state index in [1.54, 1.807) is 0 Å². The molecule has 0 spiro atoms. The summed E-state index contributed by atoms with van der Waals surface area (Å²) in [5.74, 6) is 0.110. The molecule has 1 saturated carbocycles. The summed E-state index contributed by atoms with van der Waals surface area (Å²) in [7, 11) is 0. The van der Waals surface area contributed by atoms with Crippen molar-refractivity contribution in [3.8, 4) is 0 Å². The van der Waals surface area contributed by atoms with E-state index in [4.69, 9.17) is 0 Å². The van der Waals surface area contributed by atoms with Crippen molar-refractivity contribution in [2.24, 2.45) is 16.7 Å². The number of hydrogen-bond acceptors (Lipinski definition) is 4. The van der Waals surface area contributed by atoms with Crippen LogP contribution >= 0.6 is 0 Å². The lowest BCUT2D eigenvalue weighted by atomic mass is 9.48. The second kappa shape index (κ2) is 5.56. The Morgan fingerprint density at radius 3 is 2.62 bits per heavy atom. The fraction of sp³-hybridized carbons (Fsp3) is 0.682. The number of carbonyl (C=O) groups is 1. The lowest BCUT2D eigenvalue weighted by molar-refractivity contribution is -0.131. The number of ketones is 1. The van der Waals surface area contributed by atoms with Crippen LogP contribution in [0.1, 0.15) is 65.7 Å². The van der Waals surface area contributed by atoms with Crippen LogP contribution in [0.3, 0.4) is 0 Å². The number of Topliss-reactive ketones (excluding diaryl/α,β-unsaturated/α-hetero) is 1. The van der Waals surface area contributed by atoms with Crippen LogP contribution in [-0.2, 0) is 4.79 Å². The number of fused-ring (bicyclic) bond motifs is 3. The number of carbonyl (C=O) groups excluding carboxylic acids is 1. The van der Waals surface area contributed by atoms with Crippen LogP contribution in [0.15, 0.2) is 34.1 Å². The summed E-state index contributed by atoms with van der Waals surface area (Å²) in [6.45, 7) is 6.64. The highest BCUT2D eigenvalue weighted by atomic mass is 16.3. The van der Waals surface area contributed by atoms with Crippen LogP contribution in [-0.4, -0.2) is 33.3 Å². The number of aliphatic hydroxyl groups excluding tert-OH is 2. The van der Waals surface area contributed by atoms with Crippen LogP contribution in [0, 0.1) is 16.7 Å². The molecule has 142 valence electrons. The Balaban J connectivity index is 1.82. The van der Waals surface area contributed by atoms with Crippen LogP contribution < -0.4 is 0 Å². The number of hydrogen-bond donors (Lipinski definition) is 3. The zero-order chi connectivity index (χ0) is 18.9. The van der Waals surface area contributed by atoms with Crippen molar-refractivity contribution in [1.82, 2.24) is 0 Å². The number of rotatable bonds is 1. The molecule has 0 aliphatic heterocycles. The molecule has 0 radical (unpaired) electrons. The molecule has 0 saturated heterocycles. The first kappa shape index (κ1) is 18.0. The lowest BCUT2D eigenvalue weighted by Crippen LogP contribution is -2.52. The fourth-order valence-electron chi connectivity index (χ4n) is 6.55. The lowest BCUT2D eigenvalue weighted by Gasteiger charge is -2.57. The first-order valence-corrected chi connectivity index (χ1v) is 9.86. The minimum Gasteiger partial charge on any atom is -0.508 e. The van der Waals surface area contributed by atoms with Gasteiger partial charge in [-0.3, -0.25) is 4.79 Å². The van der Waals surface area contributed by atoms with Gasteiger partial charge in [-0.2, -0.15) is 0 Å². The van der Waals surface area contributed by atoms with Crippen molar-refractivity contribution in [1.29, 1.82) is 0 Å². The third-order valence-corrected chi connectivity index (χ3v) is 7.86. The third kappa shape index (κ3) is 2.24. The first-order valence-electron chi connectivity index (χ1n) is 9.86. The van der Waals surface area contributed by atoms with Crippen molar-refractivity contribution in [3.05, 3.63) is 34.1 Å². The highest BCUT2D eigenvalue weighted by Crippen LogP contribution is 2.63. The molecule has 3 N–H and O–H groups in total. The van der Waals surface area contributed by atoms with E-state index >= 15 is 0 Å². The van der Waals surface area contributed by atoms with Gasteiger partial charge in [0.25, 0.3) is 0 Å². The van der Waals surface area contributed by atoms with E-state index in [9.17, 15) is 20.1 Å². The van der Waals surface area contributed by atoms with E-state index < -0.39 is 18.0 Å². The predicted molar refractivity (Wildman–Crippen MR) is 99.5 cm³/mol. The standard InChI is InChI=1S/C22H30O4/c1-20(2)7-4-8-21(3)15-10-16-17(24)9-14(12-23)19(25)22(16,26)11-13(15)5-6-18(20)21/h9,18,23-24,26H,4-8,10-12H2,1-3H3. The summed E-state index contributed by atoms with van der Waals surface area (Å²) < 4.78 is 0. The summed E-state index contributed by atoms with van der Waals surface area (Å²) in [6, 6.07) is 0. The second-order valence-corrected chi connectivity index (χ2v) is 9.67. The van der Waals surface area contributed by atoms with Crippen molar-refractivity contribution in [2.45, 2.75) is 71.3 Å². The summed E-state index contributed by atoms with van der Waals surface area (Å²) >= 11 is 0. The summed E-state index contributed by atoms with van der Waals surface area (Å²) in [6.07, 6.45) is 7.67. The van der Waals surface area contributed by atoms with Crippen molar-refractivity contribution in [2.75, 3.05) is 6.61 Å². The van der Waals surface area contributed by atoms with Gasteiger partial charge in [-0.1, -0.05) is 38.3 Å². The minimum absolute atomic E-state index is 0.0384. The van der Waals surface area contributed by atoms with Gasteiger partial charge < -0.3 is 15.3 Å². The molecule has 3 unspecified atom stereocenters. The molecular formula is C22H30O4. The van der Waals surface area contributed by atoms with Crippen LogP contribution in [0.4, 0.5) is 0 Å². The highest BCUT2D eigenvalue weighted by Gasteiger charge is 2.56.